The van der Waals surface area contributed by atoms with Crippen LogP contribution in [0.4, 0.5) is 13.2 Å². The van der Waals surface area contributed by atoms with Crippen LogP contribution in [-0.4, -0.2) is 40.9 Å². The van der Waals surface area contributed by atoms with E-state index in [4.69, 9.17) is 4.74 Å². The van der Waals surface area contributed by atoms with Gasteiger partial charge in [-0.05, 0) is 44.2 Å². The topological polar surface area (TPSA) is 90.3 Å². The van der Waals surface area contributed by atoms with Crippen molar-refractivity contribution in [3.05, 3.63) is 77.6 Å². The van der Waals surface area contributed by atoms with Crippen LogP contribution in [0.1, 0.15) is 64.9 Å². The molecule has 1 aliphatic rings. The summed E-state index contributed by atoms with van der Waals surface area (Å²) in [6.45, 7) is 0.0452. The Kier molecular flexibility index (Phi) is 8.83. The molecule has 10 heteroatoms. The van der Waals surface area contributed by atoms with Gasteiger partial charge in [-0.25, -0.2) is 4.68 Å². The number of carbonyl (C=O) groups is 3. The Labute approximate surface area is 224 Å². The molecule has 206 valence electrons. The van der Waals surface area contributed by atoms with Gasteiger partial charge >= 0.3 is 6.18 Å². The lowest BCUT2D eigenvalue weighted by atomic mass is 9.76. The van der Waals surface area contributed by atoms with Crippen LogP contribution in [0.3, 0.4) is 0 Å². The minimum atomic E-state index is -4.84. The van der Waals surface area contributed by atoms with E-state index in [0.29, 0.717) is 43.4 Å². The smallest absolute Gasteiger partial charge is 0.435 e. The second kappa shape index (κ2) is 12.3. The third kappa shape index (κ3) is 6.74. The summed E-state index contributed by atoms with van der Waals surface area (Å²) in [6.07, 6.45) is -0.747. The van der Waals surface area contributed by atoms with Gasteiger partial charge in [0.05, 0.1) is 12.7 Å². The van der Waals surface area contributed by atoms with E-state index in [1.165, 1.54) is 13.2 Å². The van der Waals surface area contributed by atoms with Crippen molar-refractivity contribution < 1.29 is 32.3 Å². The first-order valence-electron chi connectivity index (χ1n) is 12.9. The van der Waals surface area contributed by atoms with E-state index in [2.05, 4.69) is 10.4 Å². The number of Topliss-reactive ketones (excluding diaryl/α,β-unsaturated/α-hetero) is 2. The van der Waals surface area contributed by atoms with Crippen molar-refractivity contribution in [1.82, 2.24) is 15.1 Å². The molecule has 4 rings (SSSR count). The predicted octanol–water partition coefficient (Wildman–Crippen LogP) is 5.67. The Bertz CT molecular complexity index is 1310. The van der Waals surface area contributed by atoms with E-state index in [0.717, 1.165) is 10.9 Å². The average Bonchev–Trinajstić information content (AvgIpc) is 3.42. The van der Waals surface area contributed by atoms with Crippen molar-refractivity contribution in [2.24, 2.45) is 11.8 Å². The highest BCUT2D eigenvalue weighted by Crippen LogP contribution is 2.34. The first-order chi connectivity index (χ1) is 18.7. The number of ether oxygens (including phenoxy) is 1. The molecule has 0 saturated heterocycles. The van der Waals surface area contributed by atoms with Crippen molar-refractivity contribution in [1.29, 1.82) is 0 Å². The number of para-hydroxylation sites is 2. The molecule has 0 radical (unpaired) electrons. The Morgan fingerprint density at radius 3 is 2.28 bits per heavy atom. The maximum absolute atomic E-state index is 13.6. The van der Waals surface area contributed by atoms with Gasteiger partial charge in [0.25, 0.3) is 5.91 Å². The highest BCUT2D eigenvalue weighted by atomic mass is 19.4. The molecular weight excluding hydrogens is 511 g/mol. The standard InChI is InChI=1S/C29H30F3N3O4/c1-39-25-12-6-5-10-23(25)35-18-22(27(34-35)29(30,31)32)28(38)33-17-7-11-24(36)19-13-15-21(16-14-19)26(37)20-8-3-2-4-9-20/h2-6,8-10,12,18-19,21H,7,11,13-17H2,1H3,(H,33,38). The number of methoxy groups -OCH3 is 1. The van der Waals surface area contributed by atoms with Gasteiger partial charge in [0.15, 0.2) is 11.5 Å². The number of alkyl halides is 3. The molecule has 2 aromatic carbocycles. The summed E-state index contributed by atoms with van der Waals surface area (Å²) in [4.78, 5) is 38.0. The lowest BCUT2D eigenvalue weighted by Crippen LogP contribution is -2.28. The largest absolute Gasteiger partial charge is 0.494 e. The maximum Gasteiger partial charge on any atom is 0.435 e. The number of aromatic nitrogens is 2. The van der Waals surface area contributed by atoms with Gasteiger partial charge in [0, 0.05) is 36.6 Å². The molecule has 1 fully saturated rings. The molecule has 0 atom stereocenters. The molecule has 39 heavy (non-hydrogen) atoms. The van der Waals surface area contributed by atoms with E-state index in [1.54, 1.807) is 30.3 Å². The normalized spacial score (nSPS) is 17.4. The van der Waals surface area contributed by atoms with Gasteiger partial charge in [-0.1, -0.05) is 42.5 Å². The van der Waals surface area contributed by atoms with Gasteiger partial charge in [-0.2, -0.15) is 18.3 Å². The summed E-state index contributed by atoms with van der Waals surface area (Å²) in [5.74, 6) is -0.688. The quantitative estimate of drug-likeness (QED) is 0.264. The van der Waals surface area contributed by atoms with Crippen LogP contribution in [0.5, 0.6) is 5.75 Å². The monoisotopic (exact) mass is 541 g/mol. The third-order valence-corrected chi connectivity index (χ3v) is 7.06. The van der Waals surface area contributed by atoms with Crippen LogP contribution in [-0.2, 0) is 11.0 Å². The fourth-order valence-electron chi connectivity index (χ4n) is 4.97. The Balaban J connectivity index is 1.29. The molecule has 1 amide bonds. The second-order valence-electron chi connectivity index (χ2n) is 9.61. The molecule has 0 spiro atoms. The van der Waals surface area contributed by atoms with E-state index < -0.39 is 23.3 Å². The zero-order valence-corrected chi connectivity index (χ0v) is 21.5. The van der Waals surface area contributed by atoms with Crippen molar-refractivity contribution in [2.45, 2.75) is 44.7 Å². The fraction of sp³-hybridized carbons (Fsp3) is 0.379. The van der Waals surface area contributed by atoms with E-state index >= 15 is 0 Å². The number of nitrogens with one attached hydrogen (secondary N) is 1. The molecule has 7 nitrogen and oxygen atoms in total. The summed E-state index contributed by atoms with van der Waals surface area (Å²) >= 11 is 0. The zero-order valence-electron chi connectivity index (χ0n) is 21.5. The molecule has 1 N–H and O–H groups in total. The first-order valence-corrected chi connectivity index (χ1v) is 12.9. The minimum Gasteiger partial charge on any atom is -0.494 e. The Morgan fingerprint density at radius 1 is 0.974 bits per heavy atom. The lowest BCUT2D eigenvalue weighted by molar-refractivity contribution is -0.141. The summed E-state index contributed by atoms with van der Waals surface area (Å²) in [5, 5.41) is 6.09. The molecule has 0 aliphatic heterocycles. The van der Waals surface area contributed by atoms with Gasteiger partial charge in [-0.3, -0.25) is 14.4 Å². The third-order valence-electron chi connectivity index (χ3n) is 7.06. The zero-order chi connectivity index (χ0) is 28.0. The maximum atomic E-state index is 13.6. The number of halogens is 3. The molecule has 1 saturated carbocycles. The van der Waals surface area contributed by atoms with Crippen molar-refractivity contribution in [2.75, 3.05) is 13.7 Å². The summed E-state index contributed by atoms with van der Waals surface area (Å²) in [5.41, 5.74) is -0.967. The minimum absolute atomic E-state index is 0.0452. The van der Waals surface area contributed by atoms with Crippen LogP contribution >= 0.6 is 0 Å². The van der Waals surface area contributed by atoms with Crippen molar-refractivity contribution in [3.8, 4) is 11.4 Å². The van der Waals surface area contributed by atoms with Gasteiger partial charge in [0.1, 0.15) is 17.2 Å². The highest BCUT2D eigenvalue weighted by molar-refractivity contribution is 5.98. The Morgan fingerprint density at radius 2 is 1.62 bits per heavy atom. The number of hydrogen-bond donors (Lipinski definition) is 1. The highest BCUT2D eigenvalue weighted by Gasteiger charge is 2.39. The van der Waals surface area contributed by atoms with Gasteiger partial charge < -0.3 is 10.1 Å². The van der Waals surface area contributed by atoms with Gasteiger partial charge in [0.2, 0.25) is 0 Å². The fourth-order valence-corrected chi connectivity index (χ4v) is 4.97. The van der Waals surface area contributed by atoms with E-state index in [9.17, 15) is 27.6 Å². The first kappa shape index (κ1) is 28.1. The van der Waals surface area contributed by atoms with Crippen LogP contribution in [0, 0.1) is 11.8 Å². The molecule has 0 bridgehead atoms. The van der Waals surface area contributed by atoms with Gasteiger partial charge in [-0.15, -0.1) is 0 Å². The predicted molar refractivity (Wildman–Crippen MR) is 138 cm³/mol. The summed E-state index contributed by atoms with van der Waals surface area (Å²) in [7, 11) is 1.39. The summed E-state index contributed by atoms with van der Waals surface area (Å²) < 4.78 is 47.1. The molecule has 1 aromatic heterocycles. The number of amides is 1. The van der Waals surface area contributed by atoms with E-state index in [1.807, 2.05) is 18.2 Å². The second-order valence-corrected chi connectivity index (χ2v) is 9.61. The molecular formula is C29H30F3N3O4. The van der Waals surface area contributed by atoms with Crippen LogP contribution in [0.25, 0.3) is 5.69 Å². The summed E-state index contributed by atoms with van der Waals surface area (Å²) in [6, 6.07) is 15.5. The number of rotatable bonds is 10. The number of benzene rings is 2. The van der Waals surface area contributed by atoms with Crippen molar-refractivity contribution >= 4 is 17.5 Å². The van der Waals surface area contributed by atoms with Crippen LogP contribution in [0.15, 0.2) is 60.8 Å². The number of carbonyl (C=O) groups excluding carboxylic acids is 3. The average molecular weight is 542 g/mol. The molecule has 1 aliphatic carbocycles. The number of hydrogen-bond acceptors (Lipinski definition) is 5. The van der Waals surface area contributed by atoms with Crippen LogP contribution < -0.4 is 10.1 Å². The Hall–Kier alpha value is -3.95. The van der Waals surface area contributed by atoms with Crippen molar-refractivity contribution in [3.63, 3.8) is 0 Å². The van der Waals surface area contributed by atoms with E-state index in [-0.39, 0.29) is 42.1 Å². The lowest BCUT2D eigenvalue weighted by Gasteiger charge is -2.26. The van der Waals surface area contributed by atoms with Crippen LogP contribution in [0.2, 0.25) is 0 Å². The molecule has 3 aromatic rings. The number of nitrogens with zero attached hydrogens (tertiary/aromatic N) is 2. The molecule has 0 unspecified atom stereocenters. The number of ketones is 2. The SMILES string of the molecule is COc1ccccc1-n1cc(C(=O)NCCCC(=O)C2CCC(C(=O)c3ccccc3)CC2)c(C(F)(F)F)n1. The molecule has 1 heterocycles.